The lowest BCUT2D eigenvalue weighted by molar-refractivity contribution is -0.422. The minimum absolute atomic E-state index is 0.213. The number of para-hydroxylation sites is 1. The summed E-state index contributed by atoms with van der Waals surface area (Å²) in [7, 11) is -0.446. The van der Waals surface area contributed by atoms with Crippen LogP contribution in [-0.2, 0) is 5.33 Å². The Bertz CT molecular complexity index is 1120. The van der Waals surface area contributed by atoms with E-state index in [9.17, 15) is 20.2 Å². The summed E-state index contributed by atoms with van der Waals surface area (Å²) >= 11 is 3.03. The van der Waals surface area contributed by atoms with Gasteiger partial charge in [-0.25, -0.2) is 0 Å². The lowest BCUT2D eigenvalue weighted by Crippen LogP contribution is -2.20. The first-order valence-electron chi connectivity index (χ1n) is 9.95. The normalized spacial score (nSPS) is 10.2. The highest BCUT2D eigenvalue weighted by atomic mass is 79.9. The number of benzene rings is 4. The van der Waals surface area contributed by atoms with Crippen molar-refractivity contribution in [2.24, 2.45) is 0 Å². The van der Waals surface area contributed by atoms with Gasteiger partial charge in [-0.3, -0.25) is 20.2 Å². The largest absolute Gasteiger partial charge is 0.350 e. The van der Waals surface area contributed by atoms with Crippen molar-refractivity contribution in [1.82, 2.24) is 0 Å². The number of nitrogens with zero attached hydrogens (tertiary/aromatic N) is 2. The lowest BCUT2D eigenvalue weighted by atomic mass is 10.2. The highest BCUT2D eigenvalue weighted by Crippen LogP contribution is 2.32. The zero-order chi connectivity index (χ0) is 23.6. The number of halogens is 1. The number of nitro benzene ring substituents is 2. The third-order valence-corrected chi connectivity index (χ3v) is 7.71. The maximum atomic E-state index is 10.6. The van der Waals surface area contributed by atoms with Crippen molar-refractivity contribution in [3.63, 3.8) is 0 Å². The molecule has 0 radical (unpaired) electrons. The van der Waals surface area contributed by atoms with Gasteiger partial charge in [-0.15, -0.1) is 0 Å². The van der Waals surface area contributed by atoms with Crippen LogP contribution in [0.15, 0.2) is 109 Å². The van der Waals surface area contributed by atoms with Crippen LogP contribution in [-0.4, -0.2) is 9.85 Å². The smallest absolute Gasteiger partial charge is 0.258 e. The Hall–Kier alpha value is -3.41. The van der Waals surface area contributed by atoms with Gasteiger partial charge in [0.2, 0.25) is 0 Å². The van der Waals surface area contributed by atoms with E-state index in [4.69, 9.17) is 0 Å². The van der Waals surface area contributed by atoms with Crippen LogP contribution in [0.25, 0.3) is 0 Å². The molecule has 0 aromatic heterocycles. The molecular formula is C25H20BrN2O4P. The molecule has 0 saturated carbocycles. The summed E-state index contributed by atoms with van der Waals surface area (Å²) < 4.78 is 0. The van der Waals surface area contributed by atoms with Gasteiger partial charge in [0.1, 0.15) is 0 Å². The highest BCUT2D eigenvalue weighted by molar-refractivity contribution is 9.08. The van der Waals surface area contributed by atoms with E-state index >= 15 is 0 Å². The number of rotatable bonds is 6. The van der Waals surface area contributed by atoms with Gasteiger partial charge < -0.3 is 0 Å². The van der Waals surface area contributed by atoms with Crippen LogP contribution >= 0.6 is 23.9 Å². The topological polar surface area (TPSA) is 86.3 Å². The first kappa shape index (κ1) is 24.2. The van der Waals surface area contributed by atoms with E-state index in [-0.39, 0.29) is 5.33 Å². The van der Waals surface area contributed by atoms with Crippen molar-refractivity contribution in [1.29, 1.82) is 0 Å². The number of hydrogen-bond donors (Lipinski definition) is 0. The molecule has 4 rings (SSSR count). The van der Waals surface area contributed by atoms with Crippen molar-refractivity contribution < 1.29 is 9.85 Å². The molecule has 0 unspecified atom stereocenters. The van der Waals surface area contributed by atoms with Crippen LogP contribution < -0.4 is 15.9 Å². The van der Waals surface area contributed by atoms with Crippen LogP contribution in [0.2, 0.25) is 0 Å². The van der Waals surface area contributed by atoms with E-state index in [0.29, 0.717) is 5.56 Å². The molecule has 0 N–H and O–H groups in total. The molecule has 0 aliphatic heterocycles. The quantitative estimate of drug-likeness (QED) is 0.138. The third-order valence-electron chi connectivity index (χ3n) is 4.66. The number of hydrogen-bond acceptors (Lipinski definition) is 4. The second-order valence-corrected chi connectivity index (χ2v) is 9.56. The second-order valence-electron chi connectivity index (χ2n) is 6.77. The molecule has 0 fully saturated rings. The standard InChI is InChI=1S/C18H15P.C7H5BrN2O4/c1-4-10-16(11-5-1)19(17-12-6-2-7-13-17)18-14-8-3-9-15-18;8-4-5-2-1-3-6(9(11)12)7(5)10(13)14/h1-15H;1-3H,4H2. The minimum atomic E-state index is -0.760. The first-order chi connectivity index (χ1) is 16.0. The molecule has 166 valence electrons. The predicted molar refractivity (Wildman–Crippen MR) is 138 cm³/mol. The van der Waals surface area contributed by atoms with Crippen molar-refractivity contribution >= 4 is 51.1 Å². The summed E-state index contributed by atoms with van der Waals surface area (Å²) in [5.74, 6) is 0. The van der Waals surface area contributed by atoms with Gasteiger partial charge in [-0.2, -0.15) is 0 Å². The van der Waals surface area contributed by atoms with Gasteiger partial charge in [0.25, 0.3) is 0 Å². The number of nitro groups is 2. The summed E-state index contributed by atoms with van der Waals surface area (Å²) in [6.07, 6.45) is 0. The molecule has 0 bridgehead atoms. The zero-order valence-corrected chi connectivity index (χ0v) is 19.9. The molecular weight excluding hydrogens is 503 g/mol. The Kier molecular flexibility index (Phi) is 8.81. The average molecular weight is 523 g/mol. The number of alkyl halides is 1. The molecule has 0 spiro atoms. The van der Waals surface area contributed by atoms with Gasteiger partial charge in [-0.05, 0) is 23.8 Å². The van der Waals surface area contributed by atoms with Crippen LogP contribution in [0.4, 0.5) is 11.4 Å². The Morgan fingerprint density at radius 2 is 1.03 bits per heavy atom. The molecule has 33 heavy (non-hydrogen) atoms. The Labute approximate surface area is 201 Å². The molecule has 0 aliphatic carbocycles. The summed E-state index contributed by atoms with van der Waals surface area (Å²) in [5, 5.41) is 25.5. The van der Waals surface area contributed by atoms with Gasteiger partial charge in [-0.1, -0.05) is 119 Å². The molecule has 0 atom stereocenters. The molecule has 8 heteroatoms. The fourth-order valence-electron chi connectivity index (χ4n) is 3.22. The van der Waals surface area contributed by atoms with Gasteiger partial charge >= 0.3 is 11.4 Å². The highest BCUT2D eigenvalue weighted by Gasteiger charge is 2.27. The predicted octanol–water partition coefficient (Wildman–Crippen LogP) is 5.84. The van der Waals surface area contributed by atoms with E-state index < -0.39 is 29.1 Å². The maximum Gasteiger partial charge on any atom is 0.350 e. The van der Waals surface area contributed by atoms with Crippen LogP contribution in [0.3, 0.4) is 0 Å². The van der Waals surface area contributed by atoms with Crippen molar-refractivity contribution in [2.75, 3.05) is 0 Å². The lowest BCUT2D eigenvalue weighted by Gasteiger charge is -2.18. The van der Waals surface area contributed by atoms with E-state index in [2.05, 4.69) is 107 Å². The van der Waals surface area contributed by atoms with Gasteiger partial charge in [0, 0.05) is 17.0 Å². The SMILES string of the molecule is O=[N+]([O-])c1cccc(CBr)c1[N+](=O)[O-].c1ccc(P(c2ccccc2)c2ccccc2)cc1. The van der Waals surface area contributed by atoms with Crippen LogP contribution in [0.5, 0.6) is 0 Å². The molecule has 4 aromatic carbocycles. The van der Waals surface area contributed by atoms with E-state index in [1.54, 1.807) is 0 Å². The Balaban J connectivity index is 0.000000196. The van der Waals surface area contributed by atoms with Crippen molar-refractivity contribution in [2.45, 2.75) is 5.33 Å². The minimum Gasteiger partial charge on any atom is -0.258 e. The molecule has 0 saturated heterocycles. The Morgan fingerprint density at radius 3 is 1.36 bits per heavy atom. The molecule has 0 aliphatic rings. The fourth-order valence-corrected chi connectivity index (χ4v) is 5.98. The monoisotopic (exact) mass is 522 g/mol. The fraction of sp³-hybridized carbons (Fsp3) is 0.0400. The summed E-state index contributed by atoms with van der Waals surface area (Å²) in [4.78, 5) is 19.6. The summed E-state index contributed by atoms with van der Waals surface area (Å²) in [5.41, 5.74) is -0.634. The molecule has 4 aromatic rings. The summed E-state index contributed by atoms with van der Waals surface area (Å²) in [6, 6.07) is 36.3. The van der Waals surface area contributed by atoms with Crippen molar-refractivity contribution in [3.05, 3.63) is 135 Å². The molecule has 0 amide bonds. The van der Waals surface area contributed by atoms with E-state index in [1.807, 2.05) is 0 Å². The van der Waals surface area contributed by atoms with Gasteiger partial charge in [0.05, 0.1) is 9.85 Å². The molecule has 6 nitrogen and oxygen atoms in total. The van der Waals surface area contributed by atoms with E-state index in [0.717, 1.165) is 6.07 Å². The Morgan fingerprint density at radius 1 is 0.606 bits per heavy atom. The first-order valence-corrected chi connectivity index (χ1v) is 12.4. The maximum absolute atomic E-state index is 10.6. The van der Waals surface area contributed by atoms with Crippen molar-refractivity contribution in [3.8, 4) is 0 Å². The summed E-state index contributed by atoms with van der Waals surface area (Å²) in [6.45, 7) is 0. The molecule has 0 heterocycles. The van der Waals surface area contributed by atoms with Gasteiger partial charge in [0.15, 0.2) is 0 Å². The zero-order valence-electron chi connectivity index (χ0n) is 17.5. The average Bonchev–Trinajstić information content (AvgIpc) is 2.86. The third kappa shape index (κ3) is 6.31. The second kappa shape index (κ2) is 12.0. The van der Waals surface area contributed by atoms with E-state index in [1.165, 1.54) is 28.0 Å². The van der Waals surface area contributed by atoms with Crippen LogP contribution in [0.1, 0.15) is 5.56 Å². The van der Waals surface area contributed by atoms with Crippen LogP contribution in [0, 0.1) is 20.2 Å².